The molecule has 8 nitrogen and oxygen atoms in total. The Bertz CT molecular complexity index is 1220. The van der Waals surface area contributed by atoms with Crippen molar-refractivity contribution in [2.24, 2.45) is 0 Å². The lowest BCUT2D eigenvalue weighted by Crippen LogP contribution is -2.44. The van der Waals surface area contributed by atoms with E-state index < -0.39 is 0 Å². The molecule has 1 fully saturated rings. The molecule has 1 aliphatic heterocycles. The van der Waals surface area contributed by atoms with Crippen LogP contribution in [0.15, 0.2) is 67.3 Å². The van der Waals surface area contributed by atoms with Crippen LogP contribution in [0.25, 0.3) is 16.9 Å². The first-order valence-corrected chi connectivity index (χ1v) is 10.2. The van der Waals surface area contributed by atoms with E-state index in [1.54, 1.807) is 29.2 Å². The van der Waals surface area contributed by atoms with Crippen molar-refractivity contribution in [1.82, 2.24) is 19.6 Å². The van der Waals surface area contributed by atoms with Crippen LogP contribution in [0.4, 0.5) is 11.4 Å². The van der Waals surface area contributed by atoms with E-state index in [-0.39, 0.29) is 11.9 Å². The lowest BCUT2D eigenvalue weighted by Gasteiger charge is -2.36. The highest BCUT2D eigenvalue weighted by Gasteiger charge is 2.23. The van der Waals surface area contributed by atoms with E-state index in [0.29, 0.717) is 30.1 Å². The molecule has 1 atom stereocenters. The van der Waals surface area contributed by atoms with E-state index in [0.717, 1.165) is 23.5 Å². The highest BCUT2D eigenvalue weighted by Crippen LogP contribution is 2.28. The van der Waals surface area contributed by atoms with Gasteiger partial charge in [-0.05, 0) is 19.1 Å². The standard InChI is InChI=1S/C23H22N6O2/c1-16-15-31-12-11-28(16)21-8-9-24-13-19(21)27-23(30)18-7-10-25-29-14-20(26-22(18)29)17-5-3-2-4-6-17/h2-10,13-14,16H,11-12,15H2,1H3,(H,27,30)/t16-/m0/s1. The monoisotopic (exact) mass is 414 g/mol. The van der Waals surface area contributed by atoms with E-state index >= 15 is 0 Å². The minimum Gasteiger partial charge on any atom is -0.377 e. The van der Waals surface area contributed by atoms with Gasteiger partial charge in [-0.1, -0.05) is 30.3 Å². The van der Waals surface area contributed by atoms with Crippen molar-refractivity contribution in [2.75, 3.05) is 30.0 Å². The Kier molecular flexibility index (Phi) is 5.05. The lowest BCUT2D eigenvalue weighted by atomic mass is 10.2. The summed E-state index contributed by atoms with van der Waals surface area (Å²) in [6.07, 6.45) is 6.84. The van der Waals surface area contributed by atoms with Gasteiger partial charge in [-0.15, -0.1) is 0 Å². The number of anilines is 2. The molecule has 5 rings (SSSR count). The van der Waals surface area contributed by atoms with Crippen molar-refractivity contribution in [1.29, 1.82) is 0 Å². The summed E-state index contributed by atoms with van der Waals surface area (Å²) in [7, 11) is 0. The van der Waals surface area contributed by atoms with Gasteiger partial charge in [0.2, 0.25) is 0 Å². The van der Waals surface area contributed by atoms with Gasteiger partial charge in [0.1, 0.15) is 0 Å². The SMILES string of the molecule is C[C@H]1COCCN1c1ccncc1NC(=O)c1ccnn2cc(-c3ccccc3)nc12. The van der Waals surface area contributed by atoms with Crippen molar-refractivity contribution in [3.05, 3.63) is 72.8 Å². The second-order valence-electron chi connectivity index (χ2n) is 7.47. The van der Waals surface area contributed by atoms with Crippen molar-refractivity contribution in [3.8, 4) is 11.3 Å². The van der Waals surface area contributed by atoms with E-state index in [4.69, 9.17) is 4.74 Å². The van der Waals surface area contributed by atoms with Crippen molar-refractivity contribution in [3.63, 3.8) is 0 Å². The third kappa shape index (κ3) is 3.73. The molecule has 0 radical (unpaired) electrons. The van der Waals surface area contributed by atoms with Crippen molar-refractivity contribution in [2.45, 2.75) is 13.0 Å². The molecule has 0 saturated carbocycles. The molecule has 0 aliphatic carbocycles. The number of aromatic nitrogens is 4. The average molecular weight is 414 g/mol. The van der Waals surface area contributed by atoms with Crippen LogP contribution in [0.2, 0.25) is 0 Å². The maximum atomic E-state index is 13.2. The number of morpholine rings is 1. The molecule has 0 unspecified atom stereocenters. The molecule has 3 aromatic heterocycles. The molecule has 4 heterocycles. The second-order valence-corrected chi connectivity index (χ2v) is 7.47. The quantitative estimate of drug-likeness (QED) is 0.552. The Balaban J connectivity index is 1.47. The van der Waals surface area contributed by atoms with Crippen LogP contribution >= 0.6 is 0 Å². The fourth-order valence-corrected chi connectivity index (χ4v) is 3.83. The molecule has 8 heteroatoms. The number of carbonyl (C=O) groups is 1. The molecule has 0 spiro atoms. The fraction of sp³-hybridized carbons (Fsp3) is 0.217. The molecule has 156 valence electrons. The number of nitrogens with one attached hydrogen (secondary N) is 1. The van der Waals surface area contributed by atoms with Crippen LogP contribution in [-0.2, 0) is 4.74 Å². The number of carbonyl (C=O) groups excluding carboxylic acids is 1. The van der Waals surface area contributed by atoms with Gasteiger partial charge in [-0.2, -0.15) is 5.10 Å². The van der Waals surface area contributed by atoms with Gasteiger partial charge in [0.15, 0.2) is 5.65 Å². The van der Waals surface area contributed by atoms with Crippen LogP contribution < -0.4 is 10.2 Å². The Labute approximate surface area is 179 Å². The summed E-state index contributed by atoms with van der Waals surface area (Å²) in [6.45, 7) is 4.17. The number of ether oxygens (including phenoxy) is 1. The summed E-state index contributed by atoms with van der Waals surface area (Å²) in [5.41, 5.74) is 4.27. The normalized spacial score (nSPS) is 16.4. The maximum absolute atomic E-state index is 13.2. The number of nitrogens with zero attached hydrogens (tertiary/aromatic N) is 5. The van der Waals surface area contributed by atoms with Gasteiger partial charge in [0.25, 0.3) is 5.91 Å². The van der Waals surface area contributed by atoms with E-state index in [9.17, 15) is 4.79 Å². The second kappa shape index (κ2) is 8.16. The third-order valence-electron chi connectivity index (χ3n) is 5.40. The Morgan fingerprint density at radius 3 is 2.87 bits per heavy atom. The van der Waals surface area contributed by atoms with Crippen LogP contribution in [0.1, 0.15) is 17.3 Å². The number of amides is 1. The van der Waals surface area contributed by atoms with Gasteiger partial charge >= 0.3 is 0 Å². The summed E-state index contributed by atoms with van der Waals surface area (Å²) in [4.78, 5) is 24.3. The van der Waals surface area contributed by atoms with Crippen LogP contribution in [0.5, 0.6) is 0 Å². The van der Waals surface area contributed by atoms with Crippen LogP contribution in [0, 0.1) is 0 Å². The number of hydrogen-bond donors (Lipinski definition) is 1. The van der Waals surface area contributed by atoms with Crippen LogP contribution in [0.3, 0.4) is 0 Å². The van der Waals surface area contributed by atoms with Gasteiger partial charge in [-0.3, -0.25) is 9.78 Å². The summed E-state index contributed by atoms with van der Waals surface area (Å²) in [5.74, 6) is -0.257. The lowest BCUT2D eigenvalue weighted by molar-refractivity contribution is 0.0989. The molecule has 0 bridgehead atoms. The molecule has 4 aromatic rings. The zero-order valence-electron chi connectivity index (χ0n) is 17.1. The number of imidazole rings is 1. The fourth-order valence-electron chi connectivity index (χ4n) is 3.83. The highest BCUT2D eigenvalue weighted by molar-refractivity contribution is 6.09. The maximum Gasteiger partial charge on any atom is 0.259 e. The first-order chi connectivity index (χ1) is 15.2. The minimum absolute atomic E-state index is 0.208. The molecule has 1 amide bonds. The average Bonchev–Trinajstić information content (AvgIpc) is 3.25. The number of fused-ring (bicyclic) bond motifs is 1. The topological polar surface area (TPSA) is 84.6 Å². The molecule has 1 saturated heterocycles. The van der Waals surface area contributed by atoms with Gasteiger partial charge in [0, 0.05) is 30.5 Å². The Morgan fingerprint density at radius 1 is 1.16 bits per heavy atom. The summed E-state index contributed by atoms with van der Waals surface area (Å²) < 4.78 is 7.18. The number of benzene rings is 1. The number of rotatable bonds is 4. The number of hydrogen-bond acceptors (Lipinski definition) is 6. The minimum atomic E-state index is -0.257. The van der Waals surface area contributed by atoms with Crippen molar-refractivity contribution >= 4 is 22.9 Å². The number of pyridine rings is 1. The van der Waals surface area contributed by atoms with Gasteiger partial charge in [0.05, 0.1) is 48.2 Å². The molecular formula is C23H22N6O2. The molecule has 1 aliphatic rings. The molecule has 31 heavy (non-hydrogen) atoms. The van der Waals surface area contributed by atoms with Gasteiger partial charge < -0.3 is 15.0 Å². The zero-order valence-corrected chi connectivity index (χ0v) is 17.1. The zero-order chi connectivity index (χ0) is 21.2. The largest absolute Gasteiger partial charge is 0.377 e. The first kappa shape index (κ1) is 19.2. The smallest absolute Gasteiger partial charge is 0.259 e. The summed E-state index contributed by atoms with van der Waals surface area (Å²) in [5, 5.41) is 7.34. The predicted molar refractivity (Wildman–Crippen MR) is 118 cm³/mol. The predicted octanol–water partition coefficient (Wildman–Crippen LogP) is 3.27. The van der Waals surface area contributed by atoms with Gasteiger partial charge in [-0.25, -0.2) is 9.50 Å². The summed E-state index contributed by atoms with van der Waals surface area (Å²) in [6, 6.07) is 13.6. The Hall–Kier alpha value is -3.78. The highest BCUT2D eigenvalue weighted by atomic mass is 16.5. The van der Waals surface area contributed by atoms with Crippen molar-refractivity contribution < 1.29 is 9.53 Å². The molecule has 1 aromatic carbocycles. The van der Waals surface area contributed by atoms with E-state index in [1.165, 1.54) is 0 Å². The van der Waals surface area contributed by atoms with E-state index in [2.05, 4.69) is 32.2 Å². The first-order valence-electron chi connectivity index (χ1n) is 10.2. The van der Waals surface area contributed by atoms with E-state index in [1.807, 2.05) is 42.6 Å². The molecule has 1 N–H and O–H groups in total. The Morgan fingerprint density at radius 2 is 2.03 bits per heavy atom. The molecular weight excluding hydrogens is 392 g/mol. The third-order valence-corrected chi connectivity index (χ3v) is 5.40. The van der Waals surface area contributed by atoms with Crippen LogP contribution in [-0.4, -0.2) is 51.3 Å². The summed E-state index contributed by atoms with van der Waals surface area (Å²) >= 11 is 0.